The van der Waals surface area contributed by atoms with E-state index in [1.54, 1.807) is 18.3 Å². The summed E-state index contributed by atoms with van der Waals surface area (Å²) in [5.41, 5.74) is 3.48. The van der Waals surface area contributed by atoms with E-state index in [-0.39, 0.29) is 23.9 Å². The maximum atomic E-state index is 13.8. The Morgan fingerprint density at radius 3 is 2.41 bits per heavy atom. The maximum Gasteiger partial charge on any atom is 0.260 e. The van der Waals surface area contributed by atoms with Crippen LogP contribution in [0.4, 0.5) is 11.4 Å². The van der Waals surface area contributed by atoms with Gasteiger partial charge in [-0.15, -0.1) is 11.3 Å². The van der Waals surface area contributed by atoms with E-state index in [2.05, 4.69) is 6.92 Å². The van der Waals surface area contributed by atoms with Crippen LogP contribution in [0.5, 0.6) is 0 Å². The normalized spacial score (nSPS) is 17.8. The van der Waals surface area contributed by atoms with E-state index in [1.807, 2.05) is 94.0 Å². The molecular formula is C27H24N2O2S. The van der Waals surface area contributed by atoms with Crippen LogP contribution in [0.25, 0.3) is 10.1 Å². The van der Waals surface area contributed by atoms with Gasteiger partial charge in [0.15, 0.2) is 0 Å². The zero-order chi connectivity index (χ0) is 22.2. The van der Waals surface area contributed by atoms with Crippen LogP contribution in [-0.4, -0.2) is 17.9 Å². The molecule has 0 aliphatic carbocycles. The first-order valence-corrected chi connectivity index (χ1v) is 11.7. The van der Waals surface area contributed by atoms with Crippen molar-refractivity contribution in [3.63, 3.8) is 0 Å². The van der Waals surface area contributed by atoms with Crippen LogP contribution in [0, 0.1) is 0 Å². The summed E-state index contributed by atoms with van der Waals surface area (Å²) >= 11 is 1.60. The van der Waals surface area contributed by atoms with Crippen LogP contribution in [0.3, 0.4) is 0 Å². The first kappa shape index (κ1) is 20.5. The molecule has 0 fully saturated rings. The van der Waals surface area contributed by atoms with E-state index in [4.69, 9.17) is 0 Å². The number of carbonyl (C=O) groups is 2. The van der Waals surface area contributed by atoms with Gasteiger partial charge in [0.2, 0.25) is 5.91 Å². The fourth-order valence-electron chi connectivity index (χ4n) is 4.78. The topological polar surface area (TPSA) is 40.6 Å². The lowest BCUT2D eigenvalue weighted by Gasteiger charge is -2.43. The van der Waals surface area contributed by atoms with Gasteiger partial charge in [-0.2, -0.15) is 0 Å². The van der Waals surface area contributed by atoms with Gasteiger partial charge in [-0.05, 0) is 43.2 Å². The van der Waals surface area contributed by atoms with E-state index >= 15 is 0 Å². The highest BCUT2D eigenvalue weighted by molar-refractivity contribution is 7.17. The second-order valence-electron chi connectivity index (χ2n) is 8.20. The van der Waals surface area contributed by atoms with Crippen molar-refractivity contribution in [1.29, 1.82) is 0 Å². The molecule has 4 nitrogen and oxygen atoms in total. The van der Waals surface area contributed by atoms with Crippen molar-refractivity contribution in [2.75, 3.05) is 9.80 Å². The minimum atomic E-state index is -0.135. The molecule has 0 saturated carbocycles. The molecule has 0 unspecified atom stereocenters. The monoisotopic (exact) mass is 440 g/mol. The quantitative estimate of drug-likeness (QED) is 0.368. The number of hydrogen-bond donors (Lipinski definition) is 0. The van der Waals surface area contributed by atoms with Crippen molar-refractivity contribution in [2.45, 2.75) is 32.4 Å². The van der Waals surface area contributed by atoms with Crippen LogP contribution in [-0.2, 0) is 4.79 Å². The van der Waals surface area contributed by atoms with Gasteiger partial charge in [0.1, 0.15) is 0 Å². The number of thiophene rings is 1. The summed E-state index contributed by atoms with van der Waals surface area (Å²) in [5, 5.41) is 2.95. The second-order valence-corrected chi connectivity index (χ2v) is 9.12. The van der Waals surface area contributed by atoms with Crippen LogP contribution in [0.1, 0.15) is 42.2 Å². The zero-order valence-corrected chi connectivity index (χ0v) is 18.9. The lowest BCUT2D eigenvalue weighted by molar-refractivity contribution is -0.117. The highest BCUT2D eigenvalue weighted by Gasteiger charge is 2.38. The number of amides is 2. The van der Waals surface area contributed by atoms with E-state index in [1.165, 1.54) is 0 Å². The molecule has 0 radical (unpaired) electrons. The summed E-state index contributed by atoms with van der Waals surface area (Å²) in [4.78, 5) is 30.3. The van der Waals surface area contributed by atoms with Gasteiger partial charge in [-0.3, -0.25) is 9.59 Å². The molecule has 1 aliphatic rings. The average molecular weight is 441 g/mol. The Morgan fingerprint density at radius 1 is 0.938 bits per heavy atom. The SMILES string of the molecule is CC(=O)N(c1ccccc1)[C@@H]1C[C@H](C)N(C(=O)c2csc3ccccc23)c2ccccc21. The lowest BCUT2D eigenvalue weighted by atomic mass is 9.89. The molecule has 5 rings (SSSR count). The van der Waals surface area contributed by atoms with E-state index in [9.17, 15) is 9.59 Å². The third-order valence-corrected chi connectivity index (χ3v) is 7.14. The summed E-state index contributed by atoms with van der Waals surface area (Å²) in [6.45, 7) is 3.67. The Bertz CT molecular complexity index is 1300. The van der Waals surface area contributed by atoms with Crippen molar-refractivity contribution < 1.29 is 9.59 Å². The minimum Gasteiger partial charge on any atom is -0.305 e. The Balaban J connectivity index is 1.59. The summed E-state index contributed by atoms with van der Waals surface area (Å²) in [6, 6.07) is 25.6. The second kappa shape index (κ2) is 8.24. The summed E-state index contributed by atoms with van der Waals surface area (Å²) < 4.78 is 1.11. The number of carbonyl (C=O) groups excluding carboxylic acids is 2. The first-order chi connectivity index (χ1) is 15.6. The predicted molar refractivity (Wildman–Crippen MR) is 131 cm³/mol. The van der Waals surface area contributed by atoms with Crippen molar-refractivity contribution in [3.8, 4) is 0 Å². The van der Waals surface area contributed by atoms with Gasteiger partial charge in [0, 0.05) is 39.8 Å². The molecule has 0 spiro atoms. The highest BCUT2D eigenvalue weighted by Crippen LogP contribution is 2.43. The average Bonchev–Trinajstić information content (AvgIpc) is 3.24. The van der Waals surface area contributed by atoms with Gasteiger partial charge in [-0.25, -0.2) is 0 Å². The summed E-state index contributed by atoms with van der Waals surface area (Å²) in [7, 11) is 0. The molecule has 0 N–H and O–H groups in total. The molecule has 4 aromatic rings. The largest absolute Gasteiger partial charge is 0.305 e. The standard InChI is InChI=1S/C27H24N2O2S/c1-18-16-25(29(19(2)30)20-10-4-3-5-11-20)22-13-6-8-14-24(22)28(18)27(31)23-17-32-26-15-9-7-12-21(23)26/h3-15,17-18,25H,16H2,1-2H3/t18-,25+/m0/s1. The number of nitrogens with zero attached hydrogens (tertiary/aromatic N) is 2. The molecular weight excluding hydrogens is 416 g/mol. The number of benzene rings is 3. The molecule has 160 valence electrons. The Hall–Kier alpha value is -3.44. The molecule has 5 heteroatoms. The van der Waals surface area contributed by atoms with Crippen molar-refractivity contribution >= 4 is 44.6 Å². The number of fused-ring (bicyclic) bond motifs is 2. The molecule has 0 saturated heterocycles. The van der Waals surface area contributed by atoms with Crippen LogP contribution < -0.4 is 9.80 Å². The van der Waals surface area contributed by atoms with Crippen LogP contribution in [0.2, 0.25) is 0 Å². The van der Waals surface area contributed by atoms with Gasteiger partial charge >= 0.3 is 0 Å². The molecule has 2 heterocycles. The zero-order valence-electron chi connectivity index (χ0n) is 18.1. The molecule has 2 atom stereocenters. The van der Waals surface area contributed by atoms with Gasteiger partial charge < -0.3 is 9.80 Å². The van der Waals surface area contributed by atoms with Crippen LogP contribution in [0.15, 0.2) is 84.2 Å². The van der Waals surface area contributed by atoms with Crippen molar-refractivity contribution in [3.05, 3.63) is 95.4 Å². The first-order valence-electron chi connectivity index (χ1n) is 10.8. The summed E-state index contributed by atoms with van der Waals surface area (Å²) in [5.74, 6) is 0.00162. The van der Waals surface area contributed by atoms with Crippen LogP contribution >= 0.6 is 11.3 Å². The van der Waals surface area contributed by atoms with E-state index in [0.29, 0.717) is 6.42 Å². The minimum absolute atomic E-state index is 0.00758. The molecule has 32 heavy (non-hydrogen) atoms. The molecule has 0 bridgehead atoms. The smallest absolute Gasteiger partial charge is 0.260 e. The Morgan fingerprint density at radius 2 is 1.62 bits per heavy atom. The lowest BCUT2D eigenvalue weighted by Crippen LogP contribution is -2.47. The number of anilines is 2. The highest BCUT2D eigenvalue weighted by atomic mass is 32.1. The maximum absolute atomic E-state index is 13.8. The van der Waals surface area contributed by atoms with Crippen molar-refractivity contribution in [2.24, 2.45) is 0 Å². The fourth-order valence-corrected chi connectivity index (χ4v) is 5.71. The number of para-hydroxylation sites is 2. The number of rotatable bonds is 3. The van der Waals surface area contributed by atoms with Gasteiger partial charge in [0.25, 0.3) is 5.91 Å². The molecule has 3 aromatic carbocycles. The van der Waals surface area contributed by atoms with Gasteiger partial charge in [0.05, 0.1) is 11.6 Å². The van der Waals surface area contributed by atoms with Crippen molar-refractivity contribution in [1.82, 2.24) is 0 Å². The predicted octanol–water partition coefficient (Wildman–Crippen LogP) is 6.43. The Labute approximate surface area is 191 Å². The fraction of sp³-hybridized carbons (Fsp3) is 0.185. The molecule has 2 amide bonds. The van der Waals surface area contributed by atoms with E-state index in [0.717, 1.165) is 32.6 Å². The molecule has 1 aromatic heterocycles. The molecule has 1 aliphatic heterocycles. The Kier molecular flexibility index (Phi) is 5.27. The third-order valence-electron chi connectivity index (χ3n) is 6.18. The van der Waals surface area contributed by atoms with E-state index < -0.39 is 0 Å². The van der Waals surface area contributed by atoms with Gasteiger partial charge in [-0.1, -0.05) is 54.6 Å². The summed E-state index contributed by atoms with van der Waals surface area (Å²) in [6.07, 6.45) is 0.666. The third kappa shape index (κ3) is 3.39. The number of hydrogen-bond acceptors (Lipinski definition) is 3.